The molecule has 0 atom stereocenters. The highest BCUT2D eigenvalue weighted by Gasteiger charge is 1.91. The van der Waals surface area contributed by atoms with E-state index in [9.17, 15) is 0 Å². The molecule has 3 heteroatoms. The van der Waals surface area contributed by atoms with E-state index in [4.69, 9.17) is 16.9 Å². The van der Waals surface area contributed by atoms with E-state index in [0.29, 0.717) is 10.6 Å². The molecule has 0 fully saturated rings. The highest BCUT2D eigenvalue weighted by Crippen LogP contribution is 2.16. The molecule has 2 nitrogen and oxygen atoms in total. The molecule has 0 unspecified atom stereocenters. The van der Waals surface area contributed by atoms with Crippen LogP contribution < -0.4 is 0 Å². The van der Waals surface area contributed by atoms with Gasteiger partial charge in [-0.2, -0.15) is 5.26 Å². The normalized spacial score (nSPS) is 10.4. The van der Waals surface area contributed by atoms with Gasteiger partial charge in [0.25, 0.3) is 0 Å². The summed E-state index contributed by atoms with van der Waals surface area (Å²) in [4.78, 5) is 4.31. The summed E-state index contributed by atoms with van der Waals surface area (Å²) in [7, 11) is 0. The lowest BCUT2D eigenvalue weighted by molar-refractivity contribution is 1.48. The number of aliphatic imine (C=N–C) groups is 1. The first-order valence-corrected chi connectivity index (χ1v) is 5.45. The summed E-state index contributed by atoms with van der Waals surface area (Å²) in [5.41, 5.74) is 2.45. The van der Waals surface area contributed by atoms with Crippen LogP contribution in [0.5, 0.6) is 0 Å². The molecule has 0 heterocycles. The van der Waals surface area contributed by atoms with E-state index in [0.717, 1.165) is 11.3 Å². The molecule has 0 aliphatic heterocycles. The molecule has 0 amide bonds. The number of nitriles is 1. The van der Waals surface area contributed by atoms with E-state index < -0.39 is 0 Å². The molecular weight excluding hydrogens is 232 g/mol. The van der Waals surface area contributed by atoms with Gasteiger partial charge in [-0.3, -0.25) is 4.99 Å². The van der Waals surface area contributed by atoms with E-state index in [1.54, 1.807) is 30.5 Å². The molecule has 0 N–H and O–H groups in total. The SMILES string of the molecule is N#Cc1ccc(C=Nc2ccc(Cl)cc2)cc1. The molecular formula is C14H9ClN2. The van der Waals surface area contributed by atoms with Crippen molar-refractivity contribution in [3.63, 3.8) is 0 Å². The van der Waals surface area contributed by atoms with Crippen LogP contribution >= 0.6 is 11.6 Å². The molecule has 0 aliphatic rings. The zero-order valence-corrected chi connectivity index (χ0v) is 9.72. The molecule has 0 aromatic heterocycles. The lowest BCUT2D eigenvalue weighted by Crippen LogP contribution is -1.81. The number of hydrogen-bond acceptors (Lipinski definition) is 2. The van der Waals surface area contributed by atoms with E-state index in [1.165, 1.54) is 0 Å². The van der Waals surface area contributed by atoms with Gasteiger partial charge >= 0.3 is 0 Å². The van der Waals surface area contributed by atoms with Gasteiger partial charge in [0, 0.05) is 11.2 Å². The van der Waals surface area contributed by atoms with Gasteiger partial charge in [-0.25, -0.2) is 0 Å². The maximum absolute atomic E-state index is 8.67. The Balaban J connectivity index is 2.14. The fraction of sp³-hybridized carbons (Fsp3) is 0. The van der Waals surface area contributed by atoms with Crippen LogP contribution in [-0.4, -0.2) is 6.21 Å². The highest BCUT2D eigenvalue weighted by molar-refractivity contribution is 6.30. The van der Waals surface area contributed by atoms with Crippen molar-refractivity contribution in [2.24, 2.45) is 4.99 Å². The fourth-order valence-electron chi connectivity index (χ4n) is 1.32. The second kappa shape index (κ2) is 5.29. The fourth-order valence-corrected chi connectivity index (χ4v) is 1.45. The van der Waals surface area contributed by atoms with Crippen LogP contribution in [-0.2, 0) is 0 Å². The predicted octanol–water partition coefficient (Wildman–Crippen LogP) is 3.96. The molecule has 0 saturated carbocycles. The first kappa shape index (κ1) is 11.4. The van der Waals surface area contributed by atoms with Crippen molar-refractivity contribution in [3.05, 3.63) is 64.7 Å². The second-order valence-electron chi connectivity index (χ2n) is 3.47. The van der Waals surface area contributed by atoms with Crippen molar-refractivity contribution in [2.75, 3.05) is 0 Å². The number of rotatable bonds is 2. The third kappa shape index (κ3) is 3.17. The number of hydrogen-bond donors (Lipinski definition) is 0. The molecule has 0 aliphatic carbocycles. The highest BCUT2D eigenvalue weighted by atomic mass is 35.5. The number of halogens is 1. The minimum absolute atomic E-state index is 0.647. The Morgan fingerprint density at radius 2 is 1.65 bits per heavy atom. The number of nitrogens with zero attached hydrogens (tertiary/aromatic N) is 2. The summed E-state index contributed by atoms with van der Waals surface area (Å²) < 4.78 is 0. The van der Waals surface area contributed by atoms with Crippen LogP contribution in [0.2, 0.25) is 5.02 Å². The molecule has 2 aromatic rings. The minimum atomic E-state index is 0.647. The molecule has 0 saturated heterocycles. The first-order valence-electron chi connectivity index (χ1n) is 5.08. The van der Waals surface area contributed by atoms with Crippen molar-refractivity contribution in [1.29, 1.82) is 5.26 Å². The van der Waals surface area contributed by atoms with Crippen LogP contribution in [0, 0.1) is 11.3 Å². The van der Waals surface area contributed by atoms with Gasteiger partial charge in [-0.05, 0) is 42.0 Å². The lowest BCUT2D eigenvalue weighted by Gasteiger charge is -1.95. The van der Waals surface area contributed by atoms with Crippen LogP contribution in [0.1, 0.15) is 11.1 Å². The lowest BCUT2D eigenvalue weighted by atomic mass is 10.2. The molecule has 82 valence electrons. The molecule has 2 rings (SSSR count). The summed E-state index contributed by atoms with van der Waals surface area (Å²) in [6.45, 7) is 0. The Morgan fingerprint density at radius 3 is 2.24 bits per heavy atom. The maximum Gasteiger partial charge on any atom is 0.0991 e. The van der Waals surface area contributed by atoms with Crippen LogP contribution in [0.25, 0.3) is 0 Å². The standard InChI is InChI=1S/C14H9ClN2/c15-13-5-7-14(8-6-13)17-10-12-3-1-11(9-16)2-4-12/h1-8,10H. The van der Waals surface area contributed by atoms with Gasteiger partial charge < -0.3 is 0 Å². The maximum atomic E-state index is 8.67. The molecule has 0 spiro atoms. The van der Waals surface area contributed by atoms with Gasteiger partial charge in [0.2, 0.25) is 0 Å². The summed E-state index contributed by atoms with van der Waals surface area (Å²) in [5.74, 6) is 0. The van der Waals surface area contributed by atoms with Crippen LogP contribution in [0.4, 0.5) is 5.69 Å². The number of benzene rings is 2. The van der Waals surface area contributed by atoms with Crippen LogP contribution in [0.3, 0.4) is 0 Å². The van der Waals surface area contributed by atoms with Crippen LogP contribution in [0.15, 0.2) is 53.5 Å². The van der Waals surface area contributed by atoms with E-state index in [-0.39, 0.29) is 0 Å². The average Bonchev–Trinajstić information content (AvgIpc) is 2.39. The Labute approximate surface area is 105 Å². The first-order chi connectivity index (χ1) is 8.28. The van der Waals surface area contributed by atoms with E-state index >= 15 is 0 Å². The predicted molar refractivity (Wildman–Crippen MR) is 69.9 cm³/mol. The van der Waals surface area contributed by atoms with Gasteiger partial charge in [0.15, 0.2) is 0 Å². The Kier molecular flexibility index (Phi) is 3.54. The molecule has 2 aromatic carbocycles. The second-order valence-corrected chi connectivity index (χ2v) is 3.90. The van der Waals surface area contributed by atoms with Crippen molar-refractivity contribution in [2.45, 2.75) is 0 Å². The third-order valence-electron chi connectivity index (χ3n) is 2.23. The van der Waals surface area contributed by atoms with Gasteiger partial charge in [-0.15, -0.1) is 0 Å². The van der Waals surface area contributed by atoms with Gasteiger partial charge in [-0.1, -0.05) is 23.7 Å². The smallest absolute Gasteiger partial charge is 0.0991 e. The minimum Gasteiger partial charge on any atom is -0.256 e. The van der Waals surface area contributed by atoms with Gasteiger partial charge in [0.1, 0.15) is 0 Å². The zero-order valence-electron chi connectivity index (χ0n) is 8.97. The van der Waals surface area contributed by atoms with E-state index in [1.807, 2.05) is 24.3 Å². The monoisotopic (exact) mass is 240 g/mol. The van der Waals surface area contributed by atoms with E-state index in [2.05, 4.69) is 11.1 Å². The molecule has 0 radical (unpaired) electrons. The largest absolute Gasteiger partial charge is 0.256 e. The Morgan fingerprint density at radius 1 is 1.00 bits per heavy atom. The summed E-state index contributed by atoms with van der Waals surface area (Å²) in [5, 5.41) is 9.36. The average molecular weight is 241 g/mol. The van der Waals surface area contributed by atoms with Crippen molar-refractivity contribution in [3.8, 4) is 6.07 Å². The molecule has 0 bridgehead atoms. The summed E-state index contributed by atoms with van der Waals surface area (Å²) >= 11 is 5.78. The zero-order chi connectivity index (χ0) is 12.1. The summed E-state index contributed by atoms with van der Waals surface area (Å²) in [6.07, 6.45) is 1.75. The summed E-state index contributed by atoms with van der Waals surface area (Å²) in [6, 6.07) is 16.6. The van der Waals surface area contributed by atoms with Gasteiger partial charge in [0.05, 0.1) is 17.3 Å². The topological polar surface area (TPSA) is 36.1 Å². The van der Waals surface area contributed by atoms with Crippen molar-refractivity contribution >= 4 is 23.5 Å². The third-order valence-corrected chi connectivity index (χ3v) is 2.48. The molecule has 17 heavy (non-hydrogen) atoms. The van der Waals surface area contributed by atoms with Crippen molar-refractivity contribution in [1.82, 2.24) is 0 Å². The van der Waals surface area contributed by atoms with Crippen molar-refractivity contribution < 1.29 is 0 Å². The quantitative estimate of drug-likeness (QED) is 0.732. The Hall–Kier alpha value is -2.11. The Bertz CT molecular complexity index is 563.